The summed E-state index contributed by atoms with van der Waals surface area (Å²) < 4.78 is 0. The summed E-state index contributed by atoms with van der Waals surface area (Å²) in [5.41, 5.74) is -1.39. The zero-order chi connectivity index (χ0) is 20.4. The lowest BCUT2D eigenvalue weighted by molar-refractivity contribution is -0.163. The van der Waals surface area contributed by atoms with E-state index in [4.69, 9.17) is 11.6 Å². The highest BCUT2D eigenvalue weighted by Crippen LogP contribution is 2.46. The molecule has 0 radical (unpaired) electrons. The van der Waals surface area contributed by atoms with Gasteiger partial charge in [-0.1, -0.05) is 58.4 Å². The Morgan fingerprint density at radius 1 is 1.41 bits per heavy atom. The van der Waals surface area contributed by atoms with Crippen molar-refractivity contribution in [2.75, 3.05) is 13.1 Å². The monoisotopic (exact) mass is 396 g/mol. The van der Waals surface area contributed by atoms with E-state index in [1.54, 1.807) is 11.8 Å². The van der Waals surface area contributed by atoms with Crippen LogP contribution in [0.5, 0.6) is 0 Å². The lowest BCUT2D eigenvalue weighted by Gasteiger charge is -2.54. The Bertz CT molecular complexity index is 641. The van der Waals surface area contributed by atoms with Crippen molar-refractivity contribution in [1.29, 1.82) is 0 Å². The fourth-order valence-corrected chi connectivity index (χ4v) is 4.31. The average molecular weight is 397 g/mol. The van der Waals surface area contributed by atoms with E-state index in [0.29, 0.717) is 37.4 Å². The Hall–Kier alpha value is -1.33. The molecular formula is C21H33ClN2O3. The average Bonchev–Trinajstić information content (AvgIpc) is 2.61. The van der Waals surface area contributed by atoms with Gasteiger partial charge < -0.3 is 15.3 Å². The van der Waals surface area contributed by atoms with Crippen molar-refractivity contribution >= 4 is 23.4 Å². The van der Waals surface area contributed by atoms with Crippen LogP contribution in [0, 0.1) is 17.3 Å². The molecule has 1 heterocycles. The summed E-state index contributed by atoms with van der Waals surface area (Å²) in [6.45, 7) is 10.6. The van der Waals surface area contributed by atoms with Crippen molar-refractivity contribution in [3.63, 3.8) is 0 Å². The number of nitrogens with zero attached hydrogens (tertiary/aromatic N) is 1. The topological polar surface area (TPSA) is 69.6 Å². The predicted molar refractivity (Wildman–Crippen MR) is 108 cm³/mol. The maximum Gasteiger partial charge on any atom is 0.245 e. The van der Waals surface area contributed by atoms with Crippen LogP contribution in [0.4, 0.5) is 0 Å². The minimum Gasteiger partial charge on any atom is -0.389 e. The molecule has 1 aliphatic carbocycles. The second kappa shape index (κ2) is 8.36. The molecule has 6 heteroatoms. The molecule has 1 saturated heterocycles. The van der Waals surface area contributed by atoms with Crippen LogP contribution in [-0.2, 0) is 9.59 Å². The molecule has 27 heavy (non-hydrogen) atoms. The summed E-state index contributed by atoms with van der Waals surface area (Å²) in [6.07, 6.45) is 7.32. The minimum absolute atomic E-state index is 0.00507. The molecule has 0 aromatic carbocycles. The summed E-state index contributed by atoms with van der Waals surface area (Å²) in [5.74, 6) is -0.201. The van der Waals surface area contributed by atoms with Crippen LogP contribution in [-0.4, -0.2) is 46.6 Å². The number of amides is 2. The number of halogens is 1. The van der Waals surface area contributed by atoms with Gasteiger partial charge in [0.05, 0.1) is 5.60 Å². The van der Waals surface area contributed by atoms with Gasteiger partial charge >= 0.3 is 0 Å². The van der Waals surface area contributed by atoms with Crippen molar-refractivity contribution < 1.29 is 14.7 Å². The van der Waals surface area contributed by atoms with Gasteiger partial charge in [0.2, 0.25) is 11.8 Å². The van der Waals surface area contributed by atoms with Crippen LogP contribution in [0.3, 0.4) is 0 Å². The molecule has 0 aromatic heterocycles. The van der Waals surface area contributed by atoms with Gasteiger partial charge in [-0.3, -0.25) is 9.59 Å². The first kappa shape index (κ1) is 22.0. The second-order valence-corrected chi connectivity index (χ2v) is 9.19. The van der Waals surface area contributed by atoms with Gasteiger partial charge in [0, 0.05) is 35.9 Å². The van der Waals surface area contributed by atoms with E-state index in [1.807, 2.05) is 45.9 Å². The molecule has 2 rings (SSSR count). The molecule has 2 aliphatic rings. The van der Waals surface area contributed by atoms with Crippen molar-refractivity contribution in [3.05, 3.63) is 23.3 Å². The fourth-order valence-electron chi connectivity index (χ4n) is 4.15. The maximum atomic E-state index is 13.1. The van der Waals surface area contributed by atoms with Crippen molar-refractivity contribution in [2.24, 2.45) is 17.3 Å². The standard InChI is InChI=1S/C21H33ClN2O3/c1-6-17(25)23-18(14(2)3)19(26)24-12-11-21(27,20(4,5)13-24)15-7-9-16(22)10-8-15/h7,9-10,14-15,18,27H,6,8,11-13H2,1-5H3,(H,23,25)/t15?,18-,21+/m1/s1. The summed E-state index contributed by atoms with van der Waals surface area (Å²) in [5, 5.41) is 15.1. The van der Waals surface area contributed by atoms with Crippen LogP contribution in [0.1, 0.15) is 53.9 Å². The fraction of sp³-hybridized carbons (Fsp3) is 0.714. The third kappa shape index (κ3) is 4.57. The molecule has 2 N–H and O–H groups in total. The Morgan fingerprint density at radius 2 is 2.07 bits per heavy atom. The highest BCUT2D eigenvalue weighted by molar-refractivity contribution is 6.31. The first-order valence-electron chi connectivity index (χ1n) is 9.86. The Morgan fingerprint density at radius 3 is 2.56 bits per heavy atom. The Kier molecular flexibility index (Phi) is 6.80. The number of carbonyl (C=O) groups is 2. The van der Waals surface area contributed by atoms with Crippen LogP contribution >= 0.6 is 11.6 Å². The predicted octanol–water partition coefficient (Wildman–Crippen LogP) is 3.23. The molecule has 0 bridgehead atoms. The SMILES string of the molecule is CCC(=O)N[C@@H](C(=O)N1CC[C@](O)(C2C=CC(Cl)=CC2)C(C)(C)C1)C(C)C. The Balaban J connectivity index is 2.14. The van der Waals surface area contributed by atoms with E-state index < -0.39 is 17.1 Å². The molecule has 5 nitrogen and oxygen atoms in total. The minimum atomic E-state index is -0.908. The summed E-state index contributed by atoms with van der Waals surface area (Å²) >= 11 is 6.03. The summed E-state index contributed by atoms with van der Waals surface area (Å²) in [4.78, 5) is 26.7. The van der Waals surface area contributed by atoms with Crippen molar-refractivity contribution in [2.45, 2.75) is 65.5 Å². The number of carbonyl (C=O) groups excluding carboxylic acids is 2. The number of hydrogen-bond donors (Lipinski definition) is 2. The van der Waals surface area contributed by atoms with Gasteiger partial charge in [-0.15, -0.1) is 0 Å². The van der Waals surface area contributed by atoms with E-state index >= 15 is 0 Å². The van der Waals surface area contributed by atoms with E-state index in [1.165, 1.54) is 0 Å². The van der Waals surface area contributed by atoms with Gasteiger partial charge in [-0.05, 0) is 24.8 Å². The van der Waals surface area contributed by atoms with Crippen molar-refractivity contribution in [3.8, 4) is 0 Å². The molecule has 3 atom stereocenters. The highest BCUT2D eigenvalue weighted by atomic mass is 35.5. The number of likely N-dealkylation sites (tertiary alicyclic amines) is 1. The molecular weight excluding hydrogens is 364 g/mol. The van der Waals surface area contributed by atoms with Gasteiger partial charge in [-0.2, -0.15) is 0 Å². The van der Waals surface area contributed by atoms with Gasteiger partial charge in [-0.25, -0.2) is 0 Å². The van der Waals surface area contributed by atoms with Gasteiger partial charge in [0.1, 0.15) is 6.04 Å². The second-order valence-electron chi connectivity index (χ2n) is 8.75. The molecule has 1 unspecified atom stereocenters. The number of piperidine rings is 1. The number of nitrogens with one attached hydrogen (secondary N) is 1. The molecule has 0 saturated carbocycles. The van der Waals surface area contributed by atoms with Gasteiger partial charge in [0.15, 0.2) is 0 Å². The smallest absolute Gasteiger partial charge is 0.245 e. The van der Waals surface area contributed by atoms with Crippen molar-refractivity contribution in [1.82, 2.24) is 10.2 Å². The Labute approximate surface area is 167 Å². The molecule has 152 valence electrons. The lowest BCUT2D eigenvalue weighted by atomic mass is 9.62. The number of hydrogen-bond acceptors (Lipinski definition) is 3. The molecule has 2 amide bonds. The summed E-state index contributed by atoms with van der Waals surface area (Å²) in [6, 6.07) is -0.532. The van der Waals surface area contributed by atoms with Gasteiger partial charge in [0.25, 0.3) is 0 Å². The highest BCUT2D eigenvalue weighted by Gasteiger charge is 2.52. The lowest BCUT2D eigenvalue weighted by Crippen LogP contribution is -2.63. The molecule has 1 fully saturated rings. The number of rotatable bonds is 5. The van der Waals surface area contributed by atoms with Crippen LogP contribution in [0.25, 0.3) is 0 Å². The zero-order valence-electron chi connectivity index (χ0n) is 17.1. The number of allylic oxidation sites excluding steroid dienone is 3. The van der Waals surface area contributed by atoms with Crippen LogP contribution in [0.2, 0.25) is 0 Å². The first-order valence-corrected chi connectivity index (χ1v) is 10.2. The van der Waals surface area contributed by atoms with E-state index in [0.717, 1.165) is 0 Å². The van der Waals surface area contributed by atoms with Crippen LogP contribution < -0.4 is 5.32 Å². The molecule has 0 aromatic rings. The van der Waals surface area contributed by atoms with Crippen LogP contribution in [0.15, 0.2) is 23.3 Å². The van der Waals surface area contributed by atoms with E-state index in [9.17, 15) is 14.7 Å². The quantitative estimate of drug-likeness (QED) is 0.749. The maximum absolute atomic E-state index is 13.1. The first-order chi connectivity index (χ1) is 12.5. The molecule has 1 aliphatic heterocycles. The normalized spacial score (nSPS) is 28.7. The molecule has 0 spiro atoms. The zero-order valence-corrected chi connectivity index (χ0v) is 17.8. The number of aliphatic hydroxyl groups is 1. The van der Waals surface area contributed by atoms with E-state index in [2.05, 4.69) is 5.32 Å². The summed E-state index contributed by atoms with van der Waals surface area (Å²) in [7, 11) is 0. The third-order valence-corrected chi connectivity index (χ3v) is 6.35. The van der Waals surface area contributed by atoms with E-state index in [-0.39, 0.29) is 23.7 Å². The largest absolute Gasteiger partial charge is 0.389 e. The third-order valence-electron chi connectivity index (χ3n) is 6.07.